The lowest BCUT2D eigenvalue weighted by molar-refractivity contribution is 0.0946. The van der Waals surface area contributed by atoms with E-state index in [-0.39, 0.29) is 5.91 Å². The summed E-state index contributed by atoms with van der Waals surface area (Å²) in [5.41, 5.74) is 4.22. The summed E-state index contributed by atoms with van der Waals surface area (Å²) in [5, 5.41) is 6.66. The van der Waals surface area contributed by atoms with Crippen LogP contribution in [0.3, 0.4) is 0 Å². The van der Waals surface area contributed by atoms with Gasteiger partial charge in [0.2, 0.25) is 5.95 Å². The Bertz CT molecular complexity index is 958. The van der Waals surface area contributed by atoms with Gasteiger partial charge in [-0.1, -0.05) is 59.6 Å². The number of halogens is 1. The van der Waals surface area contributed by atoms with Crippen LogP contribution in [0, 0.1) is 13.8 Å². The molecule has 0 spiro atoms. The smallest absolute Gasteiger partial charge is 0.270 e. The van der Waals surface area contributed by atoms with Crippen LogP contribution < -0.4 is 10.6 Å². The van der Waals surface area contributed by atoms with Crippen molar-refractivity contribution >= 4 is 23.5 Å². The molecular formula is C21H21ClN4O. The molecule has 3 aromatic rings. The van der Waals surface area contributed by atoms with E-state index in [1.807, 2.05) is 50.2 Å². The van der Waals surface area contributed by atoms with Gasteiger partial charge in [0.05, 0.1) is 0 Å². The summed E-state index contributed by atoms with van der Waals surface area (Å²) in [5.74, 6) is 0.165. The standard InChI is InChI=1S/C21H21ClN4O/c1-14-6-5-7-16(10-14)12-24-21-25-15(2)11-19(26-21)20(27)23-13-17-8-3-4-9-18(17)22/h3-11H,12-13H2,1-2H3,(H,23,27)(H,24,25,26). The van der Waals surface area contributed by atoms with Crippen LogP contribution in [0.2, 0.25) is 5.02 Å². The largest absolute Gasteiger partial charge is 0.350 e. The summed E-state index contributed by atoms with van der Waals surface area (Å²) in [4.78, 5) is 21.2. The Morgan fingerprint density at radius 3 is 2.59 bits per heavy atom. The number of amides is 1. The Balaban J connectivity index is 1.67. The molecule has 0 bridgehead atoms. The van der Waals surface area contributed by atoms with Crippen molar-refractivity contribution in [3.63, 3.8) is 0 Å². The summed E-state index contributed by atoms with van der Waals surface area (Å²) in [6.07, 6.45) is 0. The third kappa shape index (κ3) is 5.28. The van der Waals surface area contributed by atoms with E-state index in [9.17, 15) is 4.79 Å². The number of nitrogens with one attached hydrogen (secondary N) is 2. The fourth-order valence-corrected chi connectivity index (χ4v) is 2.88. The molecule has 1 aromatic heterocycles. The highest BCUT2D eigenvalue weighted by Gasteiger charge is 2.11. The van der Waals surface area contributed by atoms with Crippen LogP contribution >= 0.6 is 11.6 Å². The van der Waals surface area contributed by atoms with Crippen molar-refractivity contribution in [2.45, 2.75) is 26.9 Å². The Hall–Kier alpha value is -2.92. The Morgan fingerprint density at radius 2 is 1.81 bits per heavy atom. The zero-order valence-corrected chi connectivity index (χ0v) is 16.0. The molecule has 0 saturated heterocycles. The summed E-state index contributed by atoms with van der Waals surface area (Å²) in [6, 6.07) is 17.3. The van der Waals surface area contributed by atoms with E-state index < -0.39 is 0 Å². The van der Waals surface area contributed by atoms with Gasteiger partial charge in [0.1, 0.15) is 5.69 Å². The zero-order chi connectivity index (χ0) is 19.2. The number of aryl methyl sites for hydroxylation is 2. The molecule has 3 rings (SSSR count). The number of hydrogen-bond donors (Lipinski definition) is 2. The summed E-state index contributed by atoms with van der Waals surface area (Å²) in [7, 11) is 0. The maximum atomic E-state index is 12.5. The van der Waals surface area contributed by atoms with Gasteiger partial charge in [-0.05, 0) is 37.1 Å². The molecule has 138 valence electrons. The molecule has 0 radical (unpaired) electrons. The molecule has 0 fully saturated rings. The molecule has 1 heterocycles. The predicted octanol–water partition coefficient (Wildman–Crippen LogP) is 4.29. The van der Waals surface area contributed by atoms with Gasteiger partial charge >= 0.3 is 0 Å². The minimum absolute atomic E-state index is 0.265. The van der Waals surface area contributed by atoms with Crippen LogP contribution in [0.1, 0.15) is 32.9 Å². The van der Waals surface area contributed by atoms with Gasteiger partial charge < -0.3 is 10.6 Å². The monoisotopic (exact) mass is 380 g/mol. The molecule has 0 aliphatic heterocycles. The van der Waals surface area contributed by atoms with E-state index in [0.717, 1.165) is 16.8 Å². The van der Waals surface area contributed by atoms with Gasteiger partial charge in [0, 0.05) is 23.8 Å². The second kappa shape index (κ2) is 8.64. The molecule has 0 aliphatic rings. The van der Waals surface area contributed by atoms with Gasteiger partial charge in [-0.3, -0.25) is 4.79 Å². The number of nitrogens with zero attached hydrogens (tertiary/aromatic N) is 2. The van der Waals surface area contributed by atoms with Crippen molar-refractivity contribution in [1.29, 1.82) is 0 Å². The first kappa shape index (κ1) is 18.9. The SMILES string of the molecule is Cc1cccc(CNc2nc(C)cc(C(=O)NCc3ccccc3Cl)n2)c1. The van der Waals surface area contributed by atoms with Crippen LogP contribution in [0.5, 0.6) is 0 Å². The van der Waals surface area contributed by atoms with Gasteiger partial charge in [-0.2, -0.15) is 0 Å². The number of aromatic nitrogens is 2. The normalized spacial score (nSPS) is 10.5. The molecule has 6 heteroatoms. The van der Waals surface area contributed by atoms with Gasteiger partial charge in [0.15, 0.2) is 0 Å². The number of anilines is 1. The van der Waals surface area contributed by atoms with Crippen LogP contribution in [0.15, 0.2) is 54.6 Å². The molecule has 0 saturated carbocycles. The molecule has 0 unspecified atom stereocenters. The van der Waals surface area contributed by atoms with Crippen LogP contribution in [-0.4, -0.2) is 15.9 Å². The second-order valence-electron chi connectivity index (χ2n) is 6.33. The van der Waals surface area contributed by atoms with Crippen molar-refractivity contribution in [3.8, 4) is 0 Å². The van der Waals surface area contributed by atoms with Crippen molar-refractivity contribution in [3.05, 3.63) is 87.7 Å². The van der Waals surface area contributed by atoms with Gasteiger partial charge in [-0.25, -0.2) is 9.97 Å². The van der Waals surface area contributed by atoms with Gasteiger partial charge in [-0.15, -0.1) is 0 Å². The first-order valence-corrected chi connectivity index (χ1v) is 9.06. The number of rotatable bonds is 6. The Morgan fingerprint density at radius 1 is 1.00 bits per heavy atom. The van der Waals surface area contributed by atoms with E-state index in [4.69, 9.17) is 11.6 Å². The molecule has 0 atom stereocenters. The van der Waals surface area contributed by atoms with Gasteiger partial charge in [0.25, 0.3) is 5.91 Å². The molecule has 2 aromatic carbocycles. The number of benzene rings is 2. The zero-order valence-electron chi connectivity index (χ0n) is 15.3. The van der Waals surface area contributed by atoms with Crippen LogP contribution in [-0.2, 0) is 13.1 Å². The van der Waals surface area contributed by atoms with Crippen molar-refractivity contribution in [2.24, 2.45) is 0 Å². The lowest BCUT2D eigenvalue weighted by atomic mass is 10.1. The fraction of sp³-hybridized carbons (Fsp3) is 0.190. The number of carbonyl (C=O) groups is 1. The molecule has 27 heavy (non-hydrogen) atoms. The second-order valence-corrected chi connectivity index (χ2v) is 6.74. The molecule has 1 amide bonds. The fourth-order valence-electron chi connectivity index (χ4n) is 2.67. The van der Waals surface area contributed by atoms with E-state index in [1.54, 1.807) is 12.1 Å². The highest BCUT2D eigenvalue weighted by atomic mass is 35.5. The average molecular weight is 381 g/mol. The maximum absolute atomic E-state index is 12.5. The first-order chi connectivity index (χ1) is 13.0. The predicted molar refractivity (Wildman–Crippen MR) is 108 cm³/mol. The third-order valence-electron chi connectivity index (χ3n) is 4.02. The van der Waals surface area contributed by atoms with Crippen molar-refractivity contribution < 1.29 is 4.79 Å². The Labute approximate surface area is 163 Å². The lowest BCUT2D eigenvalue weighted by Gasteiger charge is -2.10. The minimum Gasteiger partial charge on any atom is -0.350 e. The maximum Gasteiger partial charge on any atom is 0.270 e. The van der Waals surface area contributed by atoms with E-state index in [1.165, 1.54) is 5.56 Å². The first-order valence-electron chi connectivity index (χ1n) is 8.68. The molecule has 2 N–H and O–H groups in total. The lowest BCUT2D eigenvalue weighted by Crippen LogP contribution is -2.24. The van der Waals surface area contributed by atoms with E-state index in [2.05, 4.69) is 26.7 Å². The van der Waals surface area contributed by atoms with Crippen LogP contribution in [0.25, 0.3) is 0 Å². The van der Waals surface area contributed by atoms with E-state index >= 15 is 0 Å². The quantitative estimate of drug-likeness (QED) is 0.669. The molecular weight excluding hydrogens is 360 g/mol. The number of carbonyl (C=O) groups excluding carboxylic acids is 1. The van der Waals surface area contributed by atoms with Crippen molar-refractivity contribution in [2.75, 3.05) is 5.32 Å². The third-order valence-corrected chi connectivity index (χ3v) is 4.39. The Kier molecular flexibility index (Phi) is 6.04. The highest BCUT2D eigenvalue weighted by molar-refractivity contribution is 6.31. The van der Waals surface area contributed by atoms with E-state index in [0.29, 0.717) is 29.8 Å². The topological polar surface area (TPSA) is 66.9 Å². The summed E-state index contributed by atoms with van der Waals surface area (Å²) >= 11 is 6.13. The molecule has 0 aliphatic carbocycles. The summed E-state index contributed by atoms with van der Waals surface area (Å²) in [6.45, 7) is 4.82. The van der Waals surface area contributed by atoms with Crippen molar-refractivity contribution in [1.82, 2.24) is 15.3 Å². The average Bonchev–Trinajstić information content (AvgIpc) is 2.65. The summed E-state index contributed by atoms with van der Waals surface area (Å²) < 4.78 is 0. The van der Waals surface area contributed by atoms with Crippen LogP contribution in [0.4, 0.5) is 5.95 Å². The number of hydrogen-bond acceptors (Lipinski definition) is 4. The highest BCUT2D eigenvalue weighted by Crippen LogP contribution is 2.15. The molecule has 5 nitrogen and oxygen atoms in total. The minimum atomic E-state index is -0.265.